The summed E-state index contributed by atoms with van der Waals surface area (Å²) >= 11 is 0. The van der Waals surface area contributed by atoms with Crippen molar-refractivity contribution in [1.82, 2.24) is 20.3 Å². The van der Waals surface area contributed by atoms with Crippen molar-refractivity contribution < 1.29 is 23.6 Å². The second-order valence-electron chi connectivity index (χ2n) is 5.94. The quantitative estimate of drug-likeness (QED) is 0.734. The number of amides is 3. The van der Waals surface area contributed by atoms with Crippen LogP contribution in [0.25, 0.3) is 0 Å². The second-order valence-corrected chi connectivity index (χ2v) is 5.94. The molecule has 2 aliphatic heterocycles. The number of methoxy groups -OCH3 is 1. The summed E-state index contributed by atoms with van der Waals surface area (Å²) in [5.74, 6) is 0.406. The van der Waals surface area contributed by atoms with E-state index in [1.54, 1.807) is 23.1 Å². The molecule has 2 aliphatic rings. The van der Waals surface area contributed by atoms with Gasteiger partial charge in [-0.25, -0.2) is 4.79 Å². The van der Waals surface area contributed by atoms with Gasteiger partial charge in [0.1, 0.15) is 5.76 Å². The van der Waals surface area contributed by atoms with Crippen molar-refractivity contribution in [2.45, 2.75) is 20.4 Å². The highest BCUT2D eigenvalue weighted by molar-refractivity contribution is 5.99. The van der Waals surface area contributed by atoms with E-state index in [1.165, 1.54) is 0 Å². The van der Waals surface area contributed by atoms with Crippen LogP contribution >= 0.6 is 0 Å². The number of aliphatic imine (C=N–C) groups is 1. The van der Waals surface area contributed by atoms with Gasteiger partial charge in [0.25, 0.3) is 5.91 Å². The fourth-order valence-electron chi connectivity index (χ4n) is 2.63. The van der Waals surface area contributed by atoms with Gasteiger partial charge in [0.2, 0.25) is 5.76 Å². The number of ether oxygens (including phenoxy) is 2. The summed E-state index contributed by atoms with van der Waals surface area (Å²) in [5, 5.41) is 6.56. The van der Waals surface area contributed by atoms with Crippen LogP contribution in [-0.2, 0) is 20.8 Å². The van der Waals surface area contributed by atoms with Crippen molar-refractivity contribution in [2.24, 2.45) is 4.99 Å². The number of carbonyl (C=O) groups excluding carboxylic acids is 2. The molecule has 0 aliphatic carbocycles. The predicted molar refractivity (Wildman–Crippen MR) is 90.0 cm³/mol. The van der Waals surface area contributed by atoms with Gasteiger partial charge in [-0.05, 0) is 13.8 Å². The lowest BCUT2D eigenvalue weighted by Gasteiger charge is -2.19. The number of aromatic nitrogens is 1. The molecule has 0 radical (unpaired) electrons. The molecular formula is C16H21N5O5. The van der Waals surface area contributed by atoms with Gasteiger partial charge >= 0.3 is 12.1 Å². The summed E-state index contributed by atoms with van der Waals surface area (Å²) in [7, 11) is 1.55. The maximum absolute atomic E-state index is 12.4. The lowest BCUT2D eigenvalue weighted by Crippen LogP contribution is -2.32. The number of hydrogen-bond acceptors (Lipinski definition) is 7. The Morgan fingerprint density at radius 3 is 2.88 bits per heavy atom. The van der Waals surface area contributed by atoms with E-state index >= 15 is 0 Å². The molecule has 0 aromatic carbocycles. The minimum Gasteiger partial charge on any atom is -0.418 e. The molecule has 1 aromatic heterocycles. The number of hydrogen-bond donors (Lipinski definition) is 1. The first-order valence-electron chi connectivity index (χ1n) is 8.22. The summed E-state index contributed by atoms with van der Waals surface area (Å²) in [6.07, 6.45) is 1.55. The molecule has 3 rings (SSSR count). The third kappa shape index (κ3) is 3.69. The standard InChI is InChI=1S/C16H21N5O5/c1-10-12(11(2)26-19-10)8-20-5-6-21-9-13(14(22)17-4-7-24-3)25-16(21)18-15(20)23/h9H,4-8H2,1-3H3,(H,17,22). The van der Waals surface area contributed by atoms with Crippen LogP contribution in [0.2, 0.25) is 0 Å². The Balaban J connectivity index is 1.65. The molecule has 1 aromatic rings. The topological polar surface area (TPSA) is 110 Å². The molecule has 3 amide bonds. The maximum Gasteiger partial charge on any atom is 0.348 e. The molecule has 0 saturated heterocycles. The Bertz CT molecular complexity index is 750. The smallest absolute Gasteiger partial charge is 0.348 e. The number of carbonyl (C=O) groups is 2. The third-order valence-corrected chi connectivity index (χ3v) is 4.14. The Kier molecular flexibility index (Phi) is 5.21. The Morgan fingerprint density at radius 2 is 2.19 bits per heavy atom. The number of rotatable bonds is 6. The van der Waals surface area contributed by atoms with Crippen LogP contribution < -0.4 is 5.32 Å². The molecule has 3 heterocycles. The predicted octanol–water partition coefficient (Wildman–Crippen LogP) is 0.519. The number of amidine groups is 1. The fourth-order valence-corrected chi connectivity index (χ4v) is 2.63. The summed E-state index contributed by atoms with van der Waals surface area (Å²) in [6.45, 7) is 5.65. The van der Waals surface area contributed by atoms with Gasteiger partial charge in [0, 0.05) is 32.3 Å². The Labute approximate surface area is 150 Å². The minimum absolute atomic E-state index is 0.104. The number of nitrogens with zero attached hydrogens (tertiary/aromatic N) is 4. The number of fused-ring (bicyclic) bond motifs is 1. The highest BCUT2D eigenvalue weighted by atomic mass is 16.5. The highest BCUT2D eigenvalue weighted by Crippen LogP contribution is 2.20. The molecule has 140 valence electrons. The molecule has 0 spiro atoms. The van der Waals surface area contributed by atoms with Crippen LogP contribution in [0.1, 0.15) is 17.0 Å². The Hall–Kier alpha value is -2.88. The van der Waals surface area contributed by atoms with Gasteiger partial charge in [0.05, 0.1) is 25.0 Å². The van der Waals surface area contributed by atoms with E-state index in [0.29, 0.717) is 38.5 Å². The molecule has 0 saturated carbocycles. The van der Waals surface area contributed by atoms with Crippen LogP contribution in [0.15, 0.2) is 21.5 Å². The fraction of sp³-hybridized carbons (Fsp3) is 0.500. The molecule has 1 N–H and O–H groups in total. The van der Waals surface area contributed by atoms with Gasteiger partial charge in [-0.2, -0.15) is 0 Å². The van der Waals surface area contributed by atoms with Crippen LogP contribution in [0.3, 0.4) is 0 Å². The lowest BCUT2D eigenvalue weighted by molar-refractivity contribution is -0.119. The number of aryl methyl sites for hydroxylation is 2. The monoisotopic (exact) mass is 363 g/mol. The zero-order valence-electron chi connectivity index (χ0n) is 14.9. The molecular weight excluding hydrogens is 342 g/mol. The lowest BCUT2D eigenvalue weighted by atomic mass is 10.2. The first-order chi connectivity index (χ1) is 12.5. The van der Waals surface area contributed by atoms with Crippen molar-refractivity contribution in [3.8, 4) is 0 Å². The van der Waals surface area contributed by atoms with Crippen molar-refractivity contribution in [3.05, 3.63) is 29.0 Å². The molecule has 0 fully saturated rings. The normalized spacial score (nSPS) is 16.7. The van der Waals surface area contributed by atoms with Crippen molar-refractivity contribution >= 4 is 18.0 Å². The van der Waals surface area contributed by atoms with Gasteiger partial charge in [-0.15, -0.1) is 4.99 Å². The molecule has 0 atom stereocenters. The van der Waals surface area contributed by atoms with Gasteiger partial charge in [0.15, 0.2) is 0 Å². The van der Waals surface area contributed by atoms with E-state index in [9.17, 15) is 9.59 Å². The van der Waals surface area contributed by atoms with E-state index in [-0.39, 0.29) is 17.7 Å². The Morgan fingerprint density at radius 1 is 1.38 bits per heavy atom. The summed E-state index contributed by atoms with van der Waals surface area (Å²) < 4.78 is 15.5. The van der Waals surface area contributed by atoms with E-state index in [1.807, 2.05) is 13.8 Å². The molecule has 0 bridgehead atoms. The zero-order valence-corrected chi connectivity index (χ0v) is 14.9. The first-order valence-corrected chi connectivity index (χ1v) is 8.22. The summed E-state index contributed by atoms with van der Waals surface area (Å²) in [4.78, 5) is 31.7. The van der Waals surface area contributed by atoms with Gasteiger partial charge in [-0.1, -0.05) is 5.16 Å². The van der Waals surface area contributed by atoms with E-state index in [4.69, 9.17) is 14.0 Å². The van der Waals surface area contributed by atoms with Crippen LogP contribution in [0, 0.1) is 13.8 Å². The van der Waals surface area contributed by atoms with Gasteiger partial charge in [-0.3, -0.25) is 9.69 Å². The van der Waals surface area contributed by atoms with Crippen molar-refractivity contribution in [2.75, 3.05) is 33.4 Å². The SMILES string of the molecule is COCCNC(=O)C1=CN2CCN(Cc3c(C)noc3C)C(=O)N=C2O1. The van der Waals surface area contributed by atoms with Crippen molar-refractivity contribution in [3.63, 3.8) is 0 Å². The average Bonchev–Trinajstić information content (AvgIpc) is 3.11. The molecule has 10 nitrogen and oxygen atoms in total. The van der Waals surface area contributed by atoms with E-state index in [0.717, 1.165) is 11.3 Å². The van der Waals surface area contributed by atoms with E-state index in [2.05, 4.69) is 15.5 Å². The maximum atomic E-state index is 12.4. The van der Waals surface area contributed by atoms with Crippen LogP contribution in [0.4, 0.5) is 4.79 Å². The van der Waals surface area contributed by atoms with Gasteiger partial charge < -0.3 is 24.2 Å². The largest absolute Gasteiger partial charge is 0.418 e. The van der Waals surface area contributed by atoms with Crippen molar-refractivity contribution in [1.29, 1.82) is 0 Å². The molecule has 26 heavy (non-hydrogen) atoms. The average molecular weight is 363 g/mol. The number of nitrogens with one attached hydrogen (secondary N) is 1. The second kappa shape index (κ2) is 7.56. The summed E-state index contributed by atoms with van der Waals surface area (Å²) in [5.41, 5.74) is 1.62. The first kappa shape index (κ1) is 17.9. The van der Waals surface area contributed by atoms with Crippen LogP contribution in [0.5, 0.6) is 0 Å². The van der Waals surface area contributed by atoms with Crippen LogP contribution in [-0.4, -0.2) is 66.3 Å². The third-order valence-electron chi connectivity index (χ3n) is 4.14. The highest BCUT2D eigenvalue weighted by Gasteiger charge is 2.32. The van der Waals surface area contributed by atoms with E-state index < -0.39 is 6.03 Å². The molecule has 0 unspecified atom stereocenters. The number of urea groups is 1. The molecule has 10 heteroatoms. The zero-order chi connectivity index (χ0) is 18.7. The summed E-state index contributed by atoms with van der Waals surface area (Å²) in [6, 6.07) is -0.329. The minimum atomic E-state index is -0.433.